The topological polar surface area (TPSA) is 90.1 Å². The van der Waals surface area contributed by atoms with Crippen molar-refractivity contribution in [3.63, 3.8) is 0 Å². The predicted octanol–water partition coefficient (Wildman–Crippen LogP) is 4.87. The number of ether oxygens (including phenoxy) is 1. The molecule has 146 valence electrons. The second-order valence-electron chi connectivity index (χ2n) is 6.37. The number of carbonyl (C=O) groups is 1. The average molecular weight is 406 g/mol. The Morgan fingerprint density at radius 2 is 2.03 bits per heavy atom. The fourth-order valence-electron chi connectivity index (χ4n) is 2.55. The van der Waals surface area contributed by atoms with Crippen molar-refractivity contribution in [2.24, 2.45) is 0 Å². The third-order valence-electron chi connectivity index (χ3n) is 4.08. The molecule has 29 heavy (non-hydrogen) atoms. The number of thiophene rings is 1. The second-order valence-corrected chi connectivity index (χ2v) is 7.15. The Kier molecular flexibility index (Phi) is 5.62. The molecule has 3 aromatic heterocycles. The van der Waals surface area contributed by atoms with Gasteiger partial charge in [0, 0.05) is 29.9 Å². The maximum Gasteiger partial charge on any atom is 0.227 e. The van der Waals surface area contributed by atoms with Gasteiger partial charge in [-0.15, -0.1) is 0 Å². The van der Waals surface area contributed by atoms with Gasteiger partial charge in [-0.1, -0.05) is 22.9 Å². The van der Waals surface area contributed by atoms with Crippen molar-refractivity contribution in [3.8, 4) is 23.0 Å². The van der Waals surface area contributed by atoms with Gasteiger partial charge >= 0.3 is 0 Å². The van der Waals surface area contributed by atoms with E-state index in [0.717, 1.165) is 11.1 Å². The smallest absolute Gasteiger partial charge is 0.227 e. The van der Waals surface area contributed by atoms with Crippen LogP contribution in [-0.2, 0) is 11.2 Å². The number of aryl methyl sites for hydroxylation is 2. The fourth-order valence-corrected chi connectivity index (χ4v) is 3.19. The zero-order valence-electron chi connectivity index (χ0n) is 15.7. The van der Waals surface area contributed by atoms with Gasteiger partial charge in [-0.2, -0.15) is 16.3 Å². The van der Waals surface area contributed by atoms with Gasteiger partial charge in [0.1, 0.15) is 5.75 Å². The predicted molar refractivity (Wildman–Crippen MR) is 110 cm³/mol. The normalized spacial score (nSPS) is 10.7. The summed E-state index contributed by atoms with van der Waals surface area (Å²) in [6.07, 6.45) is 2.15. The number of aromatic nitrogens is 3. The minimum Gasteiger partial charge on any atom is -0.439 e. The average Bonchev–Trinajstić information content (AvgIpc) is 3.41. The van der Waals surface area contributed by atoms with Crippen LogP contribution in [0.3, 0.4) is 0 Å². The molecule has 4 rings (SSSR count). The van der Waals surface area contributed by atoms with Crippen LogP contribution in [0.1, 0.15) is 17.9 Å². The van der Waals surface area contributed by atoms with Crippen molar-refractivity contribution in [2.45, 2.75) is 19.8 Å². The molecule has 1 amide bonds. The molecule has 7 nitrogen and oxygen atoms in total. The lowest BCUT2D eigenvalue weighted by Crippen LogP contribution is -2.12. The largest absolute Gasteiger partial charge is 0.439 e. The van der Waals surface area contributed by atoms with Gasteiger partial charge in [0.15, 0.2) is 0 Å². The molecule has 0 saturated heterocycles. The van der Waals surface area contributed by atoms with Crippen LogP contribution in [0.4, 0.5) is 5.69 Å². The monoisotopic (exact) mass is 406 g/mol. The number of rotatable bonds is 7. The molecule has 0 unspecified atom stereocenters. The molecule has 0 atom stereocenters. The van der Waals surface area contributed by atoms with E-state index in [2.05, 4.69) is 20.4 Å². The zero-order chi connectivity index (χ0) is 20.1. The van der Waals surface area contributed by atoms with Crippen molar-refractivity contribution in [1.29, 1.82) is 0 Å². The molecular formula is C21H18N4O3S. The summed E-state index contributed by atoms with van der Waals surface area (Å²) >= 11 is 1.56. The van der Waals surface area contributed by atoms with Gasteiger partial charge in [0.25, 0.3) is 0 Å². The molecular weight excluding hydrogens is 388 g/mol. The molecule has 0 saturated carbocycles. The molecule has 1 aromatic carbocycles. The molecule has 0 spiro atoms. The van der Waals surface area contributed by atoms with Crippen LogP contribution in [0.5, 0.6) is 11.6 Å². The SMILES string of the molecule is Cc1ccc(Oc2ccc(NC(=O)CCc3nc(-c4ccsc4)no3)cn2)cc1. The molecule has 0 fully saturated rings. The Morgan fingerprint density at radius 3 is 2.76 bits per heavy atom. The minimum absolute atomic E-state index is 0.158. The van der Waals surface area contributed by atoms with Crippen LogP contribution in [0.25, 0.3) is 11.4 Å². The Hall–Kier alpha value is -3.52. The van der Waals surface area contributed by atoms with Crippen molar-refractivity contribution in [1.82, 2.24) is 15.1 Å². The zero-order valence-corrected chi connectivity index (χ0v) is 16.5. The standard InChI is InChI=1S/C21H18N4O3S/c1-14-2-5-17(6-3-14)27-19-8-4-16(12-22-19)23-18(26)7-9-20-24-21(25-28-20)15-10-11-29-13-15/h2-6,8,10-13H,7,9H2,1H3,(H,23,26). The molecule has 8 heteroatoms. The summed E-state index contributed by atoms with van der Waals surface area (Å²) in [4.78, 5) is 20.7. The van der Waals surface area contributed by atoms with Crippen molar-refractivity contribution in [2.75, 3.05) is 5.32 Å². The summed E-state index contributed by atoms with van der Waals surface area (Å²) in [5, 5.41) is 10.6. The van der Waals surface area contributed by atoms with Crippen molar-refractivity contribution in [3.05, 3.63) is 70.9 Å². The summed E-state index contributed by atoms with van der Waals surface area (Å²) in [6.45, 7) is 2.01. The highest BCUT2D eigenvalue weighted by atomic mass is 32.1. The maximum absolute atomic E-state index is 12.2. The number of amides is 1. The number of pyridine rings is 1. The number of nitrogens with one attached hydrogen (secondary N) is 1. The van der Waals surface area contributed by atoms with E-state index in [9.17, 15) is 4.79 Å². The van der Waals surface area contributed by atoms with Crippen LogP contribution in [0, 0.1) is 6.92 Å². The number of anilines is 1. The quantitative estimate of drug-likeness (QED) is 0.471. The van der Waals surface area contributed by atoms with Gasteiger partial charge in [-0.25, -0.2) is 4.98 Å². The van der Waals surface area contributed by atoms with Crippen LogP contribution in [-0.4, -0.2) is 21.0 Å². The number of hydrogen-bond donors (Lipinski definition) is 1. The molecule has 0 aliphatic rings. The lowest BCUT2D eigenvalue weighted by molar-refractivity contribution is -0.116. The lowest BCUT2D eigenvalue weighted by Gasteiger charge is -2.07. The minimum atomic E-state index is -0.158. The summed E-state index contributed by atoms with van der Waals surface area (Å²) in [6, 6.07) is 13.1. The third kappa shape index (κ3) is 5.05. The molecule has 0 bridgehead atoms. The van der Waals surface area contributed by atoms with E-state index in [1.165, 1.54) is 0 Å². The van der Waals surface area contributed by atoms with Crippen molar-refractivity contribution >= 4 is 22.9 Å². The molecule has 1 N–H and O–H groups in total. The van der Waals surface area contributed by atoms with Gasteiger partial charge in [0.2, 0.25) is 23.5 Å². The van der Waals surface area contributed by atoms with Crippen LogP contribution in [0.2, 0.25) is 0 Å². The van der Waals surface area contributed by atoms with Gasteiger partial charge in [-0.3, -0.25) is 4.79 Å². The number of hydrogen-bond acceptors (Lipinski definition) is 7. The van der Waals surface area contributed by atoms with E-state index in [0.29, 0.717) is 35.5 Å². The molecule has 0 radical (unpaired) electrons. The van der Waals surface area contributed by atoms with Crippen LogP contribution in [0.15, 0.2) is 63.9 Å². The highest BCUT2D eigenvalue weighted by Crippen LogP contribution is 2.21. The number of benzene rings is 1. The van der Waals surface area contributed by atoms with Crippen LogP contribution >= 0.6 is 11.3 Å². The van der Waals surface area contributed by atoms with E-state index in [-0.39, 0.29) is 12.3 Å². The van der Waals surface area contributed by atoms with E-state index < -0.39 is 0 Å². The first kappa shape index (κ1) is 18.8. The van der Waals surface area contributed by atoms with Gasteiger partial charge < -0.3 is 14.6 Å². The van der Waals surface area contributed by atoms with E-state index >= 15 is 0 Å². The van der Waals surface area contributed by atoms with E-state index in [1.54, 1.807) is 29.7 Å². The Morgan fingerprint density at radius 1 is 1.17 bits per heavy atom. The van der Waals surface area contributed by atoms with E-state index in [4.69, 9.17) is 9.26 Å². The van der Waals surface area contributed by atoms with Crippen molar-refractivity contribution < 1.29 is 14.1 Å². The fraction of sp³-hybridized carbons (Fsp3) is 0.143. The Balaban J connectivity index is 1.27. The molecule has 4 aromatic rings. The molecule has 0 aliphatic carbocycles. The van der Waals surface area contributed by atoms with Gasteiger partial charge in [0.05, 0.1) is 11.9 Å². The highest BCUT2D eigenvalue weighted by molar-refractivity contribution is 7.08. The van der Waals surface area contributed by atoms with Gasteiger partial charge in [-0.05, 0) is 36.6 Å². The highest BCUT2D eigenvalue weighted by Gasteiger charge is 2.11. The maximum atomic E-state index is 12.2. The summed E-state index contributed by atoms with van der Waals surface area (Å²) in [7, 11) is 0. The van der Waals surface area contributed by atoms with E-state index in [1.807, 2.05) is 48.0 Å². The Bertz CT molecular complexity index is 1070. The molecule has 0 aliphatic heterocycles. The number of nitrogens with zero attached hydrogens (tertiary/aromatic N) is 3. The van der Waals surface area contributed by atoms with Crippen LogP contribution < -0.4 is 10.1 Å². The summed E-state index contributed by atoms with van der Waals surface area (Å²) in [5.74, 6) is 1.98. The first-order valence-electron chi connectivity index (χ1n) is 9.01. The lowest BCUT2D eigenvalue weighted by atomic mass is 10.2. The summed E-state index contributed by atoms with van der Waals surface area (Å²) < 4.78 is 10.9. The second kappa shape index (κ2) is 8.66. The Labute approximate surface area is 171 Å². The first-order chi connectivity index (χ1) is 14.2. The first-order valence-corrected chi connectivity index (χ1v) is 9.95. The third-order valence-corrected chi connectivity index (χ3v) is 4.76. The number of carbonyl (C=O) groups excluding carboxylic acids is 1. The molecule has 3 heterocycles. The summed E-state index contributed by atoms with van der Waals surface area (Å²) in [5.41, 5.74) is 2.66.